The highest BCUT2D eigenvalue weighted by Gasteiger charge is 2.64. The van der Waals surface area contributed by atoms with Crippen LogP contribution in [0.1, 0.15) is 28.4 Å². The number of likely N-dealkylation sites (N-methyl/N-ethyl adjacent to an activating group) is 1. The van der Waals surface area contributed by atoms with E-state index in [1.807, 2.05) is 0 Å². The first-order valence-electron chi connectivity index (χ1n) is 10.3. The van der Waals surface area contributed by atoms with Gasteiger partial charge in [0.1, 0.15) is 11.3 Å². The highest BCUT2D eigenvalue weighted by Crippen LogP contribution is 2.55. The number of fused-ring (bicyclic) bond motifs is 3. The number of rotatable bonds is 2. The zero-order valence-corrected chi connectivity index (χ0v) is 18.3. The van der Waals surface area contributed by atoms with E-state index in [9.17, 15) is 29.7 Å². The molecule has 0 bridgehead atoms. The number of hydrogen-bond acceptors (Lipinski definition) is 7. The van der Waals surface area contributed by atoms with E-state index in [0.29, 0.717) is 22.3 Å². The molecule has 0 aliphatic heterocycles. The number of nitrogens with two attached hydrogens (primary N) is 1. The van der Waals surface area contributed by atoms with Crippen molar-refractivity contribution in [3.05, 3.63) is 63.9 Å². The number of nitrogens with zero attached hydrogens (tertiary/aromatic N) is 1. The molecule has 1 amide bonds. The standard InChI is InChI=1S/C24H26N2O6/c1-9-7-6-8-12-10(2)14-15(19(27)13(9)12)11(3)24(32)17(20(14)28)18(26(4)5)21(29)16(22(24)30)23(25)31/h6-8,14,17-18,20,28,30,32H,2H2,1,3-5H3,(H2,25,31)/t14-,17-,18+,20+,24?/m1/s1. The number of aryl methyl sites for hydroxylation is 1. The van der Waals surface area contributed by atoms with Crippen molar-refractivity contribution in [1.29, 1.82) is 0 Å². The number of carbonyl (C=O) groups excluding carboxylic acids is 3. The molecule has 0 aromatic heterocycles. The van der Waals surface area contributed by atoms with Crippen LogP contribution in [0.3, 0.4) is 0 Å². The lowest BCUT2D eigenvalue weighted by Crippen LogP contribution is -2.67. The molecule has 0 heterocycles. The molecule has 32 heavy (non-hydrogen) atoms. The van der Waals surface area contributed by atoms with Gasteiger partial charge < -0.3 is 21.1 Å². The third-order valence-electron chi connectivity index (χ3n) is 7.20. The van der Waals surface area contributed by atoms with Gasteiger partial charge in [-0.1, -0.05) is 24.8 Å². The lowest BCUT2D eigenvalue weighted by atomic mass is 9.55. The van der Waals surface area contributed by atoms with E-state index in [0.717, 1.165) is 0 Å². The molecule has 1 unspecified atom stereocenters. The predicted molar refractivity (Wildman–Crippen MR) is 117 cm³/mol. The van der Waals surface area contributed by atoms with Gasteiger partial charge in [0.25, 0.3) is 5.91 Å². The monoisotopic (exact) mass is 438 g/mol. The van der Waals surface area contributed by atoms with Gasteiger partial charge in [-0.25, -0.2) is 0 Å². The van der Waals surface area contributed by atoms with E-state index in [2.05, 4.69) is 6.58 Å². The average molecular weight is 438 g/mol. The number of Topliss-reactive ketones (excluding diaryl/α,β-unsaturated/α-hetero) is 2. The molecule has 0 fully saturated rings. The molecule has 4 rings (SSSR count). The highest BCUT2D eigenvalue weighted by molar-refractivity contribution is 6.23. The number of aliphatic hydroxyl groups excluding tert-OH is 2. The Bertz CT molecular complexity index is 1180. The molecule has 0 saturated carbocycles. The van der Waals surface area contributed by atoms with Gasteiger partial charge in [0.2, 0.25) is 0 Å². The first-order valence-corrected chi connectivity index (χ1v) is 10.3. The fraction of sp³-hybridized carbons (Fsp3) is 0.375. The summed E-state index contributed by atoms with van der Waals surface area (Å²) in [6.45, 7) is 7.38. The van der Waals surface area contributed by atoms with Crippen LogP contribution in [0.4, 0.5) is 0 Å². The van der Waals surface area contributed by atoms with Crippen molar-refractivity contribution in [3.63, 3.8) is 0 Å². The second-order valence-electron chi connectivity index (χ2n) is 9.01. The summed E-state index contributed by atoms with van der Waals surface area (Å²) >= 11 is 0. The van der Waals surface area contributed by atoms with Crippen molar-refractivity contribution >= 4 is 23.0 Å². The number of ketones is 2. The summed E-state index contributed by atoms with van der Waals surface area (Å²) in [5, 5.41) is 34.3. The minimum absolute atomic E-state index is 0.0634. The Morgan fingerprint density at radius 1 is 1.22 bits per heavy atom. The van der Waals surface area contributed by atoms with Crippen LogP contribution in [0.25, 0.3) is 5.57 Å². The Labute approximate surface area is 185 Å². The minimum Gasteiger partial charge on any atom is -0.508 e. The lowest BCUT2D eigenvalue weighted by molar-refractivity contribution is -0.143. The fourth-order valence-electron chi connectivity index (χ4n) is 5.71. The lowest BCUT2D eigenvalue weighted by Gasteiger charge is -2.54. The largest absolute Gasteiger partial charge is 0.508 e. The summed E-state index contributed by atoms with van der Waals surface area (Å²) in [7, 11) is 3.12. The van der Waals surface area contributed by atoms with Crippen LogP contribution in [-0.4, -0.2) is 69.5 Å². The van der Waals surface area contributed by atoms with Crippen LogP contribution >= 0.6 is 0 Å². The zero-order chi connectivity index (χ0) is 23.9. The van der Waals surface area contributed by atoms with Crippen LogP contribution in [0, 0.1) is 18.8 Å². The molecule has 8 heteroatoms. The molecule has 0 radical (unpaired) electrons. The molecule has 3 aliphatic carbocycles. The molecule has 5 N–H and O–H groups in total. The molecule has 1 aromatic carbocycles. The Hall–Kier alpha value is -3.07. The maximum absolute atomic E-state index is 13.6. The quantitative estimate of drug-likeness (QED) is 0.497. The fourth-order valence-corrected chi connectivity index (χ4v) is 5.71. The van der Waals surface area contributed by atoms with Gasteiger partial charge in [-0.05, 0) is 50.2 Å². The molecule has 1 aromatic rings. The van der Waals surface area contributed by atoms with Crippen LogP contribution < -0.4 is 5.73 Å². The molecule has 168 valence electrons. The maximum Gasteiger partial charge on any atom is 0.255 e. The van der Waals surface area contributed by atoms with Gasteiger partial charge in [-0.15, -0.1) is 0 Å². The molecular formula is C24H26N2O6. The molecule has 5 atom stereocenters. The number of aliphatic hydroxyl groups is 3. The van der Waals surface area contributed by atoms with Gasteiger partial charge in [-0.2, -0.15) is 0 Å². The number of primary amides is 1. The van der Waals surface area contributed by atoms with E-state index in [1.54, 1.807) is 39.2 Å². The van der Waals surface area contributed by atoms with Gasteiger partial charge in [0.15, 0.2) is 17.2 Å². The van der Waals surface area contributed by atoms with Gasteiger partial charge in [-0.3, -0.25) is 19.3 Å². The molecule has 0 spiro atoms. The van der Waals surface area contributed by atoms with Crippen molar-refractivity contribution in [2.75, 3.05) is 14.1 Å². The molecular weight excluding hydrogens is 412 g/mol. The average Bonchev–Trinajstić information content (AvgIpc) is 2.70. The zero-order valence-electron chi connectivity index (χ0n) is 18.3. The van der Waals surface area contributed by atoms with Gasteiger partial charge in [0, 0.05) is 23.0 Å². The summed E-state index contributed by atoms with van der Waals surface area (Å²) in [5.74, 6) is -5.48. The highest BCUT2D eigenvalue weighted by atomic mass is 16.3. The van der Waals surface area contributed by atoms with Crippen LogP contribution in [-0.2, 0) is 9.59 Å². The number of hydrogen-bond donors (Lipinski definition) is 4. The van der Waals surface area contributed by atoms with Crippen molar-refractivity contribution < 1.29 is 29.7 Å². The van der Waals surface area contributed by atoms with E-state index in [-0.39, 0.29) is 11.1 Å². The van der Waals surface area contributed by atoms with Crippen LogP contribution in [0.15, 0.2) is 47.3 Å². The van der Waals surface area contributed by atoms with Crippen molar-refractivity contribution in [1.82, 2.24) is 4.90 Å². The minimum atomic E-state index is -2.34. The number of amides is 1. The topological polar surface area (TPSA) is 141 Å². The number of benzene rings is 1. The van der Waals surface area contributed by atoms with Crippen LogP contribution in [0.2, 0.25) is 0 Å². The summed E-state index contributed by atoms with van der Waals surface area (Å²) in [5.41, 5.74) is 4.67. The van der Waals surface area contributed by atoms with Crippen LogP contribution in [0.5, 0.6) is 0 Å². The molecule has 0 saturated heterocycles. The van der Waals surface area contributed by atoms with E-state index in [4.69, 9.17) is 5.73 Å². The van der Waals surface area contributed by atoms with E-state index < -0.39 is 58.4 Å². The first kappa shape index (κ1) is 22.1. The van der Waals surface area contributed by atoms with Gasteiger partial charge >= 0.3 is 0 Å². The van der Waals surface area contributed by atoms with Gasteiger partial charge in [0.05, 0.1) is 12.1 Å². The second kappa shape index (κ2) is 6.96. The Morgan fingerprint density at radius 2 is 1.84 bits per heavy atom. The normalized spacial score (nSPS) is 32.2. The Balaban J connectivity index is 2.10. The second-order valence-corrected chi connectivity index (χ2v) is 9.01. The third kappa shape index (κ3) is 2.51. The van der Waals surface area contributed by atoms with E-state index in [1.165, 1.54) is 11.8 Å². The van der Waals surface area contributed by atoms with E-state index >= 15 is 0 Å². The van der Waals surface area contributed by atoms with Crippen molar-refractivity contribution in [2.45, 2.75) is 31.6 Å². The number of carbonyl (C=O) groups is 3. The predicted octanol–water partition coefficient (Wildman–Crippen LogP) is 0.669. The summed E-state index contributed by atoms with van der Waals surface area (Å²) in [6, 6.07) is 4.15. The third-order valence-corrected chi connectivity index (χ3v) is 7.20. The Kier molecular flexibility index (Phi) is 4.82. The summed E-state index contributed by atoms with van der Waals surface area (Å²) in [4.78, 5) is 40.2. The smallest absolute Gasteiger partial charge is 0.255 e. The summed E-state index contributed by atoms with van der Waals surface area (Å²) in [6.07, 6.45) is -1.45. The maximum atomic E-state index is 13.6. The first-order chi connectivity index (χ1) is 14.9. The van der Waals surface area contributed by atoms with Crippen molar-refractivity contribution in [2.24, 2.45) is 17.6 Å². The molecule has 8 nitrogen and oxygen atoms in total. The SMILES string of the molecule is C=C1c2cccc(C)c2C(=O)C2=C(C)C3(O)C(O)=C(C(N)=O)C(=O)[C@@H](N(C)C)[C@@H]3[C@@H](O)[C@H]12. The molecule has 3 aliphatic rings. The Morgan fingerprint density at radius 3 is 2.41 bits per heavy atom. The summed E-state index contributed by atoms with van der Waals surface area (Å²) < 4.78 is 0. The van der Waals surface area contributed by atoms with Crippen molar-refractivity contribution in [3.8, 4) is 0 Å².